The Bertz CT molecular complexity index is 922. The van der Waals surface area contributed by atoms with Gasteiger partial charge < -0.3 is 20.3 Å². The van der Waals surface area contributed by atoms with E-state index in [1.165, 1.54) is 0 Å². The molecule has 1 atom stereocenters. The van der Waals surface area contributed by atoms with E-state index in [1.807, 2.05) is 52.0 Å². The quantitative estimate of drug-likeness (QED) is 0.630. The molecule has 0 aliphatic heterocycles. The van der Waals surface area contributed by atoms with E-state index in [2.05, 4.69) is 10.6 Å². The molecule has 0 radical (unpaired) electrons. The maximum absolute atomic E-state index is 12.6. The van der Waals surface area contributed by atoms with E-state index in [4.69, 9.17) is 4.74 Å². The number of hydrogen-bond donors (Lipinski definition) is 2. The van der Waals surface area contributed by atoms with Crippen molar-refractivity contribution in [3.05, 3.63) is 65.7 Å². The first-order valence-corrected chi connectivity index (χ1v) is 10.8. The predicted octanol–water partition coefficient (Wildman–Crippen LogP) is 4.59. The van der Waals surface area contributed by atoms with Gasteiger partial charge in [-0.2, -0.15) is 0 Å². The molecular weight excluding hydrogens is 406 g/mol. The number of ether oxygens (including phenoxy) is 1. The van der Waals surface area contributed by atoms with Crippen LogP contribution in [-0.2, 0) is 16.1 Å². The summed E-state index contributed by atoms with van der Waals surface area (Å²) in [7, 11) is 0. The highest BCUT2D eigenvalue weighted by Crippen LogP contribution is 2.19. The maximum Gasteiger partial charge on any atom is 0.410 e. The fourth-order valence-corrected chi connectivity index (χ4v) is 3.04. The Balaban J connectivity index is 1.98. The highest BCUT2D eigenvalue weighted by atomic mass is 16.6. The van der Waals surface area contributed by atoms with Crippen LogP contribution in [0.5, 0.6) is 0 Å². The highest BCUT2D eigenvalue weighted by Gasteiger charge is 2.22. The van der Waals surface area contributed by atoms with Crippen LogP contribution in [0.25, 0.3) is 0 Å². The molecule has 172 valence electrons. The Labute approximate surface area is 190 Å². The SMILES string of the molecule is CCN(Cc1ccccc1NC(=O)CC(C)NC(=O)c1ccccc1)C(=O)OC(C)(C)C. The number of para-hydroxylation sites is 1. The summed E-state index contributed by atoms with van der Waals surface area (Å²) in [6.07, 6.45) is -0.283. The zero-order chi connectivity index (χ0) is 23.7. The molecule has 0 saturated carbocycles. The van der Waals surface area contributed by atoms with Gasteiger partial charge in [-0.05, 0) is 58.4 Å². The van der Waals surface area contributed by atoms with Gasteiger partial charge in [0.15, 0.2) is 0 Å². The van der Waals surface area contributed by atoms with Crippen molar-refractivity contribution in [2.45, 2.75) is 59.2 Å². The molecule has 0 spiro atoms. The van der Waals surface area contributed by atoms with Gasteiger partial charge in [0.05, 0.1) is 6.54 Å². The molecule has 0 heterocycles. The minimum Gasteiger partial charge on any atom is -0.444 e. The van der Waals surface area contributed by atoms with E-state index >= 15 is 0 Å². The van der Waals surface area contributed by atoms with Crippen LogP contribution in [0.3, 0.4) is 0 Å². The van der Waals surface area contributed by atoms with E-state index in [9.17, 15) is 14.4 Å². The lowest BCUT2D eigenvalue weighted by Crippen LogP contribution is -2.37. The van der Waals surface area contributed by atoms with Gasteiger partial charge in [0.1, 0.15) is 5.60 Å². The van der Waals surface area contributed by atoms with Crippen molar-refractivity contribution < 1.29 is 19.1 Å². The largest absolute Gasteiger partial charge is 0.444 e. The summed E-state index contributed by atoms with van der Waals surface area (Å²) in [5.74, 6) is -0.444. The number of amides is 3. The zero-order valence-corrected chi connectivity index (χ0v) is 19.5. The van der Waals surface area contributed by atoms with Crippen LogP contribution in [0, 0.1) is 0 Å². The molecule has 2 rings (SSSR count). The number of anilines is 1. The van der Waals surface area contributed by atoms with Crippen molar-refractivity contribution in [2.24, 2.45) is 0 Å². The Morgan fingerprint density at radius 2 is 1.62 bits per heavy atom. The summed E-state index contributed by atoms with van der Waals surface area (Å²) in [5.41, 5.74) is 1.39. The lowest BCUT2D eigenvalue weighted by atomic mass is 10.1. The molecule has 0 saturated heterocycles. The standard InChI is InChI=1S/C25H33N3O4/c1-6-28(24(31)32-25(3,4)5)17-20-14-10-11-15-21(20)27-22(29)16-18(2)26-23(30)19-12-8-7-9-13-19/h7-15,18H,6,16-17H2,1-5H3,(H,26,30)(H,27,29). The van der Waals surface area contributed by atoms with Crippen molar-refractivity contribution in [1.82, 2.24) is 10.2 Å². The summed E-state index contributed by atoms with van der Waals surface area (Å²) in [4.78, 5) is 38.9. The molecule has 2 aromatic carbocycles. The van der Waals surface area contributed by atoms with Gasteiger partial charge in [0, 0.05) is 30.3 Å². The van der Waals surface area contributed by atoms with Gasteiger partial charge in [-0.25, -0.2) is 4.79 Å². The molecule has 1 unspecified atom stereocenters. The van der Waals surface area contributed by atoms with Crippen LogP contribution in [0.15, 0.2) is 54.6 Å². The average Bonchev–Trinajstić information content (AvgIpc) is 2.72. The lowest BCUT2D eigenvalue weighted by molar-refractivity contribution is -0.116. The topological polar surface area (TPSA) is 87.7 Å². The van der Waals surface area contributed by atoms with Crippen molar-refractivity contribution >= 4 is 23.6 Å². The monoisotopic (exact) mass is 439 g/mol. The van der Waals surface area contributed by atoms with Crippen LogP contribution in [0.2, 0.25) is 0 Å². The Kier molecular flexibility index (Phi) is 8.81. The molecule has 0 fully saturated rings. The fraction of sp³-hybridized carbons (Fsp3) is 0.400. The summed E-state index contributed by atoms with van der Waals surface area (Å²) >= 11 is 0. The average molecular weight is 440 g/mol. The van der Waals surface area contributed by atoms with Crippen molar-refractivity contribution in [2.75, 3.05) is 11.9 Å². The first-order valence-electron chi connectivity index (χ1n) is 10.8. The van der Waals surface area contributed by atoms with Gasteiger partial charge >= 0.3 is 6.09 Å². The first-order chi connectivity index (χ1) is 15.1. The molecule has 0 aromatic heterocycles. The first kappa shape index (κ1) is 24.9. The van der Waals surface area contributed by atoms with Crippen LogP contribution in [0.1, 0.15) is 57.0 Å². The van der Waals surface area contributed by atoms with Gasteiger partial charge in [0.25, 0.3) is 5.91 Å². The second-order valence-corrected chi connectivity index (χ2v) is 8.64. The molecule has 0 aliphatic carbocycles. The molecule has 32 heavy (non-hydrogen) atoms. The molecule has 2 N–H and O–H groups in total. The van der Waals surface area contributed by atoms with Gasteiger partial charge in [-0.3, -0.25) is 9.59 Å². The Morgan fingerprint density at radius 3 is 2.25 bits per heavy atom. The summed E-state index contributed by atoms with van der Waals surface area (Å²) in [6.45, 7) is 9.91. The summed E-state index contributed by atoms with van der Waals surface area (Å²) < 4.78 is 5.47. The summed E-state index contributed by atoms with van der Waals surface area (Å²) in [6, 6.07) is 15.9. The number of rotatable bonds is 8. The normalized spacial score (nSPS) is 11.9. The smallest absolute Gasteiger partial charge is 0.410 e. The third-order valence-electron chi connectivity index (χ3n) is 4.59. The highest BCUT2D eigenvalue weighted by molar-refractivity contribution is 5.95. The van der Waals surface area contributed by atoms with Crippen molar-refractivity contribution in [3.63, 3.8) is 0 Å². The summed E-state index contributed by atoms with van der Waals surface area (Å²) in [5, 5.41) is 5.74. The zero-order valence-electron chi connectivity index (χ0n) is 19.5. The van der Waals surface area contributed by atoms with Crippen LogP contribution in [-0.4, -0.2) is 41.0 Å². The predicted molar refractivity (Wildman–Crippen MR) is 125 cm³/mol. The number of benzene rings is 2. The van der Waals surface area contributed by atoms with Crippen LogP contribution < -0.4 is 10.6 Å². The van der Waals surface area contributed by atoms with E-state index in [1.54, 1.807) is 42.2 Å². The minimum absolute atomic E-state index is 0.121. The number of nitrogens with one attached hydrogen (secondary N) is 2. The minimum atomic E-state index is -0.585. The van der Waals surface area contributed by atoms with Crippen molar-refractivity contribution in [1.29, 1.82) is 0 Å². The van der Waals surface area contributed by atoms with Gasteiger partial charge in [-0.15, -0.1) is 0 Å². The van der Waals surface area contributed by atoms with Gasteiger partial charge in [-0.1, -0.05) is 36.4 Å². The molecule has 7 heteroatoms. The molecule has 3 amide bonds. The molecule has 0 aliphatic rings. The number of hydrogen-bond acceptors (Lipinski definition) is 4. The Morgan fingerprint density at radius 1 is 1.00 bits per heavy atom. The molecular formula is C25H33N3O4. The number of carbonyl (C=O) groups is 3. The van der Waals surface area contributed by atoms with Crippen LogP contribution in [0.4, 0.5) is 10.5 Å². The Hall–Kier alpha value is -3.35. The third kappa shape index (κ3) is 8.06. The number of nitrogens with zero attached hydrogens (tertiary/aromatic N) is 1. The van der Waals surface area contributed by atoms with Crippen molar-refractivity contribution in [3.8, 4) is 0 Å². The molecule has 2 aromatic rings. The van der Waals surface area contributed by atoms with E-state index in [-0.39, 0.29) is 24.3 Å². The number of carbonyl (C=O) groups excluding carboxylic acids is 3. The third-order valence-corrected chi connectivity index (χ3v) is 4.59. The second kappa shape index (κ2) is 11.3. The van der Waals surface area contributed by atoms with Gasteiger partial charge in [0.2, 0.25) is 5.91 Å². The van der Waals surface area contributed by atoms with E-state index in [0.29, 0.717) is 24.3 Å². The molecule has 7 nitrogen and oxygen atoms in total. The lowest BCUT2D eigenvalue weighted by Gasteiger charge is -2.27. The fourth-order valence-electron chi connectivity index (χ4n) is 3.04. The van der Waals surface area contributed by atoms with E-state index < -0.39 is 11.7 Å². The molecule has 0 bridgehead atoms. The van der Waals surface area contributed by atoms with Crippen LogP contribution >= 0.6 is 0 Å². The maximum atomic E-state index is 12.6. The van der Waals surface area contributed by atoms with E-state index in [0.717, 1.165) is 5.56 Å². The second-order valence-electron chi connectivity index (χ2n) is 8.64.